The van der Waals surface area contributed by atoms with Crippen LogP contribution in [0, 0.1) is 5.92 Å². The van der Waals surface area contributed by atoms with Crippen LogP contribution < -0.4 is 4.87 Å². The average molecular weight is 267 g/mol. The van der Waals surface area contributed by atoms with E-state index in [1.165, 1.54) is 0 Å². The Bertz CT molecular complexity index is 513. The summed E-state index contributed by atoms with van der Waals surface area (Å²) in [5, 5.41) is 8.67. The van der Waals surface area contributed by atoms with E-state index in [1.807, 2.05) is 0 Å². The number of rotatable bonds is 3. The van der Waals surface area contributed by atoms with Crippen molar-refractivity contribution in [3.8, 4) is 0 Å². The molecule has 8 heteroatoms. The third-order valence-electron chi connectivity index (χ3n) is 2.50. The second kappa shape index (κ2) is 3.86. The molecule has 17 heavy (non-hydrogen) atoms. The molecule has 0 atom stereocenters. The maximum Gasteiger partial charge on any atom is 0.433 e. The van der Waals surface area contributed by atoms with Gasteiger partial charge in [-0.05, 0) is 18.8 Å². The van der Waals surface area contributed by atoms with Gasteiger partial charge in [0, 0.05) is 6.54 Å². The molecule has 1 aliphatic carbocycles. The monoisotopic (exact) mass is 267 g/mol. The van der Waals surface area contributed by atoms with Crippen molar-refractivity contribution in [2.24, 2.45) is 5.92 Å². The quantitative estimate of drug-likeness (QED) is 0.911. The van der Waals surface area contributed by atoms with E-state index in [2.05, 4.69) is 0 Å². The molecule has 1 saturated carbocycles. The van der Waals surface area contributed by atoms with Gasteiger partial charge in [-0.3, -0.25) is 9.36 Å². The van der Waals surface area contributed by atoms with Gasteiger partial charge in [-0.2, -0.15) is 13.2 Å². The fourth-order valence-corrected chi connectivity index (χ4v) is 2.42. The smallest absolute Gasteiger partial charge is 0.433 e. The van der Waals surface area contributed by atoms with E-state index < -0.39 is 27.6 Å². The lowest BCUT2D eigenvalue weighted by molar-refractivity contribution is -0.144. The van der Waals surface area contributed by atoms with Crippen LogP contribution in [0.5, 0.6) is 0 Å². The number of halogens is 3. The van der Waals surface area contributed by atoms with Crippen LogP contribution in [0.15, 0.2) is 4.79 Å². The Balaban J connectivity index is 2.55. The highest BCUT2D eigenvalue weighted by molar-refractivity contribution is 7.11. The van der Waals surface area contributed by atoms with Crippen LogP contribution in [0.25, 0.3) is 0 Å². The fraction of sp³-hybridized carbons (Fsp3) is 0.556. The summed E-state index contributed by atoms with van der Waals surface area (Å²) in [5.41, 5.74) is -1.33. The lowest BCUT2D eigenvalue weighted by atomic mass is 10.3. The lowest BCUT2D eigenvalue weighted by Gasteiger charge is -2.10. The first kappa shape index (κ1) is 12.2. The van der Waals surface area contributed by atoms with E-state index in [4.69, 9.17) is 5.11 Å². The molecule has 94 valence electrons. The molecule has 0 radical (unpaired) electrons. The molecule has 1 heterocycles. The van der Waals surface area contributed by atoms with Crippen molar-refractivity contribution in [1.82, 2.24) is 4.57 Å². The number of nitrogens with zero attached hydrogens (tertiary/aromatic N) is 1. The zero-order chi connectivity index (χ0) is 12.8. The minimum Gasteiger partial charge on any atom is -0.477 e. The number of hydrogen-bond donors (Lipinski definition) is 1. The molecule has 1 aromatic rings. The highest BCUT2D eigenvalue weighted by atomic mass is 32.1. The van der Waals surface area contributed by atoms with Crippen molar-refractivity contribution in [3.63, 3.8) is 0 Å². The summed E-state index contributed by atoms with van der Waals surface area (Å²) in [7, 11) is 0. The highest BCUT2D eigenvalue weighted by Gasteiger charge is 2.42. The van der Waals surface area contributed by atoms with Crippen molar-refractivity contribution in [2.45, 2.75) is 25.6 Å². The van der Waals surface area contributed by atoms with E-state index in [0.29, 0.717) is 4.57 Å². The molecule has 0 aliphatic heterocycles. The van der Waals surface area contributed by atoms with Gasteiger partial charge < -0.3 is 5.11 Å². The first-order valence-electron chi connectivity index (χ1n) is 4.85. The number of thiazole rings is 1. The van der Waals surface area contributed by atoms with Crippen LogP contribution in [-0.4, -0.2) is 15.6 Å². The standard InChI is InChI=1S/C9H8F3NO3S/c10-9(11,12)6-5(7(14)15)17-8(16)13(6)3-4-1-2-4/h4H,1-3H2,(H,14,15). The fourth-order valence-electron chi connectivity index (χ4n) is 1.56. The largest absolute Gasteiger partial charge is 0.477 e. The molecular weight excluding hydrogens is 259 g/mol. The van der Waals surface area contributed by atoms with Crippen molar-refractivity contribution in [1.29, 1.82) is 0 Å². The summed E-state index contributed by atoms with van der Waals surface area (Å²) in [6.07, 6.45) is -3.26. The summed E-state index contributed by atoms with van der Waals surface area (Å²) < 4.78 is 38.8. The molecular formula is C9H8F3NO3S. The zero-order valence-electron chi connectivity index (χ0n) is 8.45. The van der Waals surface area contributed by atoms with Crippen LogP contribution >= 0.6 is 11.3 Å². The third-order valence-corrected chi connectivity index (χ3v) is 3.46. The van der Waals surface area contributed by atoms with Gasteiger partial charge >= 0.3 is 17.0 Å². The Kier molecular flexibility index (Phi) is 2.76. The van der Waals surface area contributed by atoms with Gasteiger partial charge in [-0.25, -0.2) is 4.79 Å². The first-order valence-corrected chi connectivity index (χ1v) is 5.66. The Morgan fingerprint density at radius 1 is 1.47 bits per heavy atom. The Hall–Kier alpha value is -1.31. The normalized spacial score (nSPS) is 16.2. The van der Waals surface area contributed by atoms with E-state index >= 15 is 0 Å². The summed E-state index contributed by atoms with van der Waals surface area (Å²) in [4.78, 5) is 20.3. The Morgan fingerprint density at radius 3 is 2.47 bits per heavy atom. The highest BCUT2D eigenvalue weighted by Crippen LogP contribution is 2.36. The first-order chi connectivity index (χ1) is 7.80. The third kappa shape index (κ3) is 2.36. The number of aromatic carboxylic acids is 1. The molecule has 1 N–H and O–H groups in total. The van der Waals surface area contributed by atoms with Crippen molar-refractivity contribution >= 4 is 17.3 Å². The number of aromatic nitrogens is 1. The maximum atomic E-state index is 12.7. The van der Waals surface area contributed by atoms with Gasteiger partial charge in [-0.15, -0.1) is 0 Å². The minimum absolute atomic E-state index is 0.0442. The van der Waals surface area contributed by atoms with Gasteiger partial charge in [0.25, 0.3) is 0 Å². The summed E-state index contributed by atoms with van der Waals surface area (Å²) >= 11 is 0.134. The molecule has 2 rings (SSSR count). The van der Waals surface area contributed by atoms with E-state index in [1.54, 1.807) is 0 Å². The topological polar surface area (TPSA) is 59.3 Å². The number of carbonyl (C=O) groups is 1. The second-order valence-electron chi connectivity index (χ2n) is 3.90. The molecule has 0 aromatic carbocycles. The van der Waals surface area contributed by atoms with Crippen LogP contribution in [0.3, 0.4) is 0 Å². The van der Waals surface area contributed by atoms with Gasteiger partial charge in [0.2, 0.25) is 0 Å². The van der Waals surface area contributed by atoms with Crippen LogP contribution in [0.2, 0.25) is 0 Å². The Morgan fingerprint density at radius 2 is 2.06 bits per heavy atom. The summed E-state index contributed by atoms with van der Waals surface area (Å²) in [6, 6.07) is 0. The number of hydrogen-bond acceptors (Lipinski definition) is 3. The summed E-state index contributed by atoms with van der Waals surface area (Å²) in [6.45, 7) is -0.0442. The molecule has 0 spiro atoms. The van der Waals surface area contributed by atoms with E-state index in [-0.39, 0.29) is 23.8 Å². The van der Waals surface area contributed by atoms with E-state index in [9.17, 15) is 22.8 Å². The second-order valence-corrected chi connectivity index (χ2v) is 4.86. The number of carboxylic acids is 1. The molecule has 1 aromatic heterocycles. The van der Waals surface area contributed by atoms with Gasteiger partial charge in [0.15, 0.2) is 5.69 Å². The molecule has 1 aliphatic rings. The van der Waals surface area contributed by atoms with Gasteiger partial charge in [-0.1, -0.05) is 11.3 Å². The van der Waals surface area contributed by atoms with Crippen LogP contribution in [0.1, 0.15) is 28.2 Å². The van der Waals surface area contributed by atoms with Crippen LogP contribution in [-0.2, 0) is 12.7 Å². The van der Waals surface area contributed by atoms with Crippen molar-refractivity contribution < 1.29 is 23.1 Å². The zero-order valence-corrected chi connectivity index (χ0v) is 9.27. The molecule has 1 fully saturated rings. The SMILES string of the molecule is O=C(O)c1sc(=O)n(CC2CC2)c1C(F)(F)F. The molecule has 4 nitrogen and oxygen atoms in total. The molecule has 0 unspecified atom stereocenters. The Labute approximate surface area is 97.3 Å². The van der Waals surface area contributed by atoms with Crippen molar-refractivity contribution in [3.05, 3.63) is 20.2 Å². The minimum atomic E-state index is -4.82. The van der Waals surface area contributed by atoms with Crippen LogP contribution in [0.4, 0.5) is 13.2 Å². The molecule has 0 amide bonds. The van der Waals surface area contributed by atoms with E-state index in [0.717, 1.165) is 12.8 Å². The summed E-state index contributed by atoms with van der Waals surface area (Å²) in [5.74, 6) is -1.65. The molecule has 0 bridgehead atoms. The van der Waals surface area contributed by atoms with Gasteiger partial charge in [0.05, 0.1) is 0 Å². The maximum absolute atomic E-state index is 12.7. The number of carboxylic acid groups (broad SMARTS) is 1. The predicted octanol–water partition coefficient (Wildman–Crippen LogP) is 2.04. The van der Waals surface area contributed by atoms with Gasteiger partial charge in [0.1, 0.15) is 4.88 Å². The molecule has 0 saturated heterocycles. The average Bonchev–Trinajstić information content (AvgIpc) is 2.90. The number of alkyl halides is 3. The van der Waals surface area contributed by atoms with Crippen molar-refractivity contribution in [2.75, 3.05) is 0 Å². The lowest BCUT2D eigenvalue weighted by Crippen LogP contribution is -2.23. The predicted molar refractivity (Wildman–Crippen MR) is 53.3 cm³/mol.